The molecule has 2 rings (SSSR count). The lowest BCUT2D eigenvalue weighted by atomic mass is 10.2. The summed E-state index contributed by atoms with van der Waals surface area (Å²) in [7, 11) is 0. The van der Waals surface area contributed by atoms with Gasteiger partial charge >= 0.3 is 0 Å². The lowest BCUT2D eigenvalue weighted by Crippen LogP contribution is -2.35. The van der Waals surface area contributed by atoms with Crippen LogP contribution in [0.4, 0.5) is 0 Å². The fraction of sp³-hybridized carbons (Fsp3) is 0.273. The highest BCUT2D eigenvalue weighted by molar-refractivity contribution is 6.04. The summed E-state index contributed by atoms with van der Waals surface area (Å²) in [5, 5.41) is 10.4. The van der Waals surface area contributed by atoms with Gasteiger partial charge in [0.1, 0.15) is 0 Å². The molecule has 1 aromatic carbocycles. The third kappa shape index (κ3) is 2.04. The smallest absolute Gasteiger partial charge is 0.272 e. The number of hydrogen-bond acceptors (Lipinski definition) is 3. The summed E-state index contributed by atoms with van der Waals surface area (Å²) in [5.41, 5.74) is 6.83. The van der Waals surface area contributed by atoms with E-state index in [1.165, 1.54) is 0 Å². The standard InChI is InChI=1S/C11H14N4O/c1-7(12)6-13-11(16)10-8-4-2-3-5-9(8)14-15-10/h2-5,7H,6,12H2,1H3,(H,13,16)(H,14,15). The Bertz CT molecular complexity index is 503. The summed E-state index contributed by atoms with van der Waals surface area (Å²) in [6, 6.07) is 7.45. The van der Waals surface area contributed by atoms with Crippen molar-refractivity contribution in [1.82, 2.24) is 15.5 Å². The highest BCUT2D eigenvalue weighted by Crippen LogP contribution is 2.14. The molecule has 1 heterocycles. The largest absolute Gasteiger partial charge is 0.349 e. The van der Waals surface area contributed by atoms with Crippen molar-refractivity contribution in [2.24, 2.45) is 5.73 Å². The number of carbonyl (C=O) groups is 1. The molecule has 84 valence electrons. The fourth-order valence-electron chi connectivity index (χ4n) is 1.47. The fourth-order valence-corrected chi connectivity index (χ4v) is 1.47. The first-order valence-corrected chi connectivity index (χ1v) is 5.15. The number of fused-ring (bicyclic) bond motifs is 1. The summed E-state index contributed by atoms with van der Waals surface area (Å²) in [5.74, 6) is -0.199. The molecule has 0 radical (unpaired) electrons. The molecule has 0 aliphatic heterocycles. The quantitative estimate of drug-likeness (QED) is 0.706. The SMILES string of the molecule is CC(N)CNC(=O)c1n[nH]c2ccccc12. The Labute approximate surface area is 93.0 Å². The van der Waals surface area contributed by atoms with Gasteiger partial charge < -0.3 is 11.1 Å². The van der Waals surface area contributed by atoms with Crippen LogP contribution in [0.3, 0.4) is 0 Å². The third-order valence-corrected chi connectivity index (χ3v) is 2.27. The third-order valence-electron chi connectivity index (χ3n) is 2.27. The Balaban J connectivity index is 2.23. The lowest BCUT2D eigenvalue weighted by Gasteiger charge is -2.05. The molecule has 1 amide bonds. The molecule has 2 aromatic rings. The molecule has 4 N–H and O–H groups in total. The van der Waals surface area contributed by atoms with E-state index < -0.39 is 0 Å². The molecule has 5 nitrogen and oxygen atoms in total. The number of nitrogens with zero attached hydrogens (tertiary/aromatic N) is 1. The number of aromatic amines is 1. The van der Waals surface area contributed by atoms with Crippen molar-refractivity contribution in [3.8, 4) is 0 Å². The topological polar surface area (TPSA) is 83.8 Å². The van der Waals surface area contributed by atoms with Crippen LogP contribution in [-0.2, 0) is 0 Å². The number of H-pyrrole nitrogens is 1. The van der Waals surface area contributed by atoms with E-state index in [1.807, 2.05) is 31.2 Å². The van der Waals surface area contributed by atoms with Gasteiger partial charge in [0.15, 0.2) is 5.69 Å². The molecule has 1 atom stereocenters. The molecule has 16 heavy (non-hydrogen) atoms. The van der Waals surface area contributed by atoms with E-state index in [4.69, 9.17) is 5.73 Å². The predicted octanol–water partition coefficient (Wildman–Crippen LogP) is 0.640. The molecule has 0 aliphatic rings. The van der Waals surface area contributed by atoms with Crippen molar-refractivity contribution < 1.29 is 4.79 Å². The molecular weight excluding hydrogens is 204 g/mol. The summed E-state index contributed by atoms with van der Waals surface area (Å²) in [4.78, 5) is 11.8. The maximum Gasteiger partial charge on any atom is 0.272 e. The zero-order valence-corrected chi connectivity index (χ0v) is 9.03. The van der Waals surface area contributed by atoms with Crippen LogP contribution >= 0.6 is 0 Å². The number of nitrogens with one attached hydrogen (secondary N) is 2. The van der Waals surface area contributed by atoms with E-state index in [1.54, 1.807) is 0 Å². The second kappa shape index (κ2) is 4.32. The van der Waals surface area contributed by atoms with Crippen molar-refractivity contribution in [1.29, 1.82) is 0 Å². The van der Waals surface area contributed by atoms with Gasteiger partial charge in [0, 0.05) is 18.0 Å². The lowest BCUT2D eigenvalue weighted by molar-refractivity contribution is 0.0948. The molecule has 0 spiro atoms. The van der Waals surface area contributed by atoms with Crippen LogP contribution in [0.25, 0.3) is 10.9 Å². The Kier molecular flexibility index (Phi) is 2.87. The Morgan fingerprint density at radius 1 is 1.56 bits per heavy atom. The molecular formula is C11H14N4O. The molecule has 0 fully saturated rings. The van der Waals surface area contributed by atoms with Gasteiger partial charge in [-0.2, -0.15) is 5.10 Å². The first kappa shape index (κ1) is 10.6. The van der Waals surface area contributed by atoms with Gasteiger partial charge in [0.05, 0.1) is 5.52 Å². The number of rotatable bonds is 3. The van der Waals surface area contributed by atoms with E-state index in [2.05, 4.69) is 15.5 Å². The van der Waals surface area contributed by atoms with Gasteiger partial charge in [-0.15, -0.1) is 0 Å². The van der Waals surface area contributed by atoms with Gasteiger partial charge in [0.25, 0.3) is 5.91 Å². The van der Waals surface area contributed by atoms with Gasteiger partial charge in [-0.25, -0.2) is 0 Å². The summed E-state index contributed by atoms with van der Waals surface area (Å²) >= 11 is 0. The Morgan fingerprint density at radius 2 is 2.31 bits per heavy atom. The second-order valence-electron chi connectivity index (χ2n) is 3.81. The number of hydrogen-bond donors (Lipinski definition) is 3. The predicted molar refractivity (Wildman–Crippen MR) is 62.1 cm³/mol. The van der Waals surface area contributed by atoms with E-state index >= 15 is 0 Å². The zero-order valence-electron chi connectivity index (χ0n) is 9.03. The van der Waals surface area contributed by atoms with E-state index in [0.717, 1.165) is 10.9 Å². The number of para-hydroxylation sites is 1. The van der Waals surface area contributed by atoms with Gasteiger partial charge in [-0.3, -0.25) is 9.89 Å². The minimum absolute atomic E-state index is 0.0610. The van der Waals surface area contributed by atoms with Crippen molar-refractivity contribution in [2.75, 3.05) is 6.54 Å². The average Bonchev–Trinajstić information content (AvgIpc) is 2.69. The normalized spacial score (nSPS) is 12.6. The van der Waals surface area contributed by atoms with Crippen LogP contribution in [0.5, 0.6) is 0 Å². The summed E-state index contributed by atoms with van der Waals surface area (Å²) in [6.07, 6.45) is 0. The molecule has 0 saturated carbocycles. The maximum atomic E-state index is 11.8. The summed E-state index contributed by atoms with van der Waals surface area (Å²) in [6.45, 7) is 2.28. The van der Waals surface area contributed by atoms with Crippen LogP contribution in [-0.4, -0.2) is 28.7 Å². The number of aromatic nitrogens is 2. The number of nitrogens with two attached hydrogens (primary N) is 1. The molecule has 1 unspecified atom stereocenters. The Morgan fingerprint density at radius 3 is 3.06 bits per heavy atom. The first-order chi connectivity index (χ1) is 7.68. The van der Waals surface area contributed by atoms with Crippen LogP contribution in [0.1, 0.15) is 17.4 Å². The van der Waals surface area contributed by atoms with Crippen molar-refractivity contribution >= 4 is 16.8 Å². The van der Waals surface area contributed by atoms with Gasteiger partial charge in [0.2, 0.25) is 0 Å². The van der Waals surface area contributed by atoms with Crippen LogP contribution < -0.4 is 11.1 Å². The Hall–Kier alpha value is -1.88. The highest BCUT2D eigenvalue weighted by atomic mass is 16.1. The zero-order chi connectivity index (χ0) is 11.5. The minimum Gasteiger partial charge on any atom is -0.349 e. The van der Waals surface area contributed by atoms with Crippen LogP contribution in [0.15, 0.2) is 24.3 Å². The molecule has 1 aromatic heterocycles. The molecule has 5 heteroatoms. The number of benzene rings is 1. The monoisotopic (exact) mass is 218 g/mol. The number of carbonyl (C=O) groups excluding carboxylic acids is 1. The van der Waals surface area contributed by atoms with Gasteiger partial charge in [-0.05, 0) is 13.0 Å². The highest BCUT2D eigenvalue weighted by Gasteiger charge is 2.13. The van der Waals surface area contributed by atoms with Gasteiger partial charge in [-0.1, -0.05) is 18.2 Å². The summed E-state index contributed by atoms with van der Waals surface area (Å²) < 4.78 is 0. The molecule has 0 aliphatic carbocycles. The van der Waals surface area contributed by atoms with Crippen LogP contribution in [0.2, 0.25) is 0 Å². The average molecular weight is 218 g/mol. The van der Waals surface area contributed by atoms with Crippen molar-refractivity contribution in [3.63, 3.8) is 0 Å². The van der Waals surface area contributed by atoms with Crippen LogP contribution in [0, 0.1) is 0 Å². The molecule has 0 saturated heterocycles. The number of amides is 1. The maximum absolute atomic E-state index is 11.8. The minimum atomic E-state index is -0.199. The second-order valence-corrected chi connectivity index (χ2v) is 3.81. The molecule has 0 bridgehead atoms. The van der Waals surface area contributed by atoms with E-state index in [9.17, 15) is 4.79 Å². The van der Waals surface area contributed by atoms with E-state index in [-0.39, 0.29) is 11.9 Å². The van der Waals surface area contributed by atoms with Crippen molar-refractivity contribution in [3.05, 3.63) is 30.0 Å². The first-order valence-electron chi connectivity index (χ1n) is 5.15. The van der Waals surface area contributed by atoms with E-state index in [0.29, 0.717) is 12.2 Å². The van der Waals surface area contributed by atoms with Crippen molar-refractivity contribution in [2.45, 2.75) is 13.0 Å².